The number of phosphoric ester groups is 1. The van der Waals surface area contributed by atoms with Crippen LogP contribution in [0.25, 0.3) is 0 Å². The second kappa shape index (κ2) is 55.0. The molecule has 9 nitrogen and oxygen atoms in total. The van der Waals surface area contributed by atoms with Crippen LogP contribution in [0.1, 0.15) is 181 Å². The zero-order valence-corrected chi connectivity index (χ0v) is 45.0. The summed E-state index contributed by atoms with van der Waals surface area (Å²) < 4.78 is 32.9. The molecule has 10 heteroatoms. The second-order valence-corrected chi connectivity index (χ2v) is 18.4. The monoisotopic (exact) mass is 1000 g/mol. The maximum absolute atomic E-state index is 12.7. The third-order valence-electron chi connectivity index (χ3n) is 10.4. The molecule has 0 saturated carbocycles. The van der Waals surface area contributed by atoms with Crippen molar-refractivity contribution >= 4 is 19.8 Å². The molecule has 0 bridgehead atoms. The molecule has 0 radical (unpaired) electrons. The van der Waals surface area contributed by atoms with Gasteiger partial charge >= 0.3 is 19.8 Å². The Hall–Kier alpha value is -4.37. The van der Waals surface area contributed by atoms with E-state index in [1.807, 2.05) is 0 Å². The average molecular weight is 1000 g/mol. The highest BCUT2D eigenvalue weighted by atomic mass is 31.2. The number of nitrogens with two attached hydrogens (primary N) is 1. The van der Waals surface area contributed by atoms with Crippen molar-refractivity contribution in [2.24, 2.45) is 5.73 Å². The summed E-state index contributed by atoms with van der Waals surface area (Å²) in [6.07, 6.45) is 80.1. The van der Waals surface area contributed by atoms with E-state index in [1.54, 1.807) is 0 Å². The summed E-state index contributed by atoms with van der Waals surface area (Å²) in [7, 11) is -4.41. The van der Waals surface area contributed by atoms with E-state index in [0.717, 1.165) is 122 Å². The normalized spacial score (nSPS) is 14.4. The van der Waals surface area contributed by atoms with Gasteiger partial charge in [0.1, 0.15) is 6.61 Å². The SMILES string of the molecule is CC/C=C\C/C=C\C/C=C\C/C=C\C/C=C\C/C=C\C/C=C\C/C=C\C/C=C\C/C=C\CCCCC(=O)OC(COC(=O)CCCCCCCCC/C=C\C/C=C\C/C=C\CC)COP(=O)(O)OCCN. The Labute approximate surface area is 432 Å². The number of hydrogen-bond acceptors (Lipinski definition) is 8. The van der Waals surface area contributed by atoms with Crippen LogP contribution in [0.2, 0.25) is 0 Å². The van der Waals surface area contributed by atoms with Gasteiger partial charge in [-0.1, -0.05) is 204 Å². The smallest absolute Gasteiger partial charge is 0.462 e. The van der Waals surface area contributed by atoms with Gasteiger partial charge in [-0.3, -0.25) is 18.6 Å². The summed E-state index contributed by atoms with van der Waals surface area (Å²) in [5, 5.41) is 0. The Kier molecular flexibility index (Phi) is 51.6. The Bertz CT molecular complexity index is 1710. The van der Waals surface area contributed by atoms with E-state index >= 15 is 0 Å². The van der Waals surface area contributed by atoms with Crippen LogP contribution < -0.4 is 5.73 Å². The standard InChI is InChI=1S/C61H96NO8P/c1-3-5-7-9-11-13-15-17-19-21-22-23-24-25-26-27-28-29-30-31-32-33-34-35-36-38-40-42-44-46-48-50-52-54-61(64)70-59(58-69-71(65,66)68-56-55-62)57-67-60(63)53-51-49-47-45-43-41-39-37-20-18-16-14-12-10-8-6-4-2/h5-8,11-14,17-20,22-23,25-26,28-29,31-32,34-35,38,40,44,46,59H,3-4,9-10,15-16,21,24,27,30,33,36-37,39,41-43,45,47-58,62H2,1-2H3,(H,65,66)/b7-5-,8-6-,13-11-,14-12-,19-17-,20-18-,23-22-,26-25-,29-28-,32-31-,35-34-,40-38-,46-44-. The number of allylic oxidation sites excluding steroid dienone is 26. The minimum absolute atomic E-state index is 0.0352. The van der Waals surface area contributed by atoms with Crippen LogP contribution in [0.3, 0.4) is 0 Å². The zero-order chi connectivity index (χ0) is 51.7. The number of carbonyl (C=O) groups excluding carboxylic acids is 2. The van der Waals surface area contributed by atoms with Gasteiger partial charge in [-0.25, -0.2) is 4.57 Å². The van der Waals surface area contributed by atoms with Crippen LogP contribution in [0.4, 0.5) is 0 Å². The number of carbonyl (C=O) groups is 2. The number of unbranched alkanes of at least 4 members (excludes halogenated alkanes) is 9. The average Bonchev–Trinajstić information content (AvgIpc) is 3.36. The molecule has 0 fully saturated rings. The fourth-order valence-corrected chi connectivity index (χ4v) is 7.26. The predicted molar refractivity (Wildman–Crippen MR) is 302 cm³/mol. The molecular formula is C61H96NO8P. The fourth-order valence-electron chi connectivity index (χ4n) is 6.50. The number of esters is 2. The topological polar surface area (TPSA) is 134 Å². The minimum atomic E-state index is -4.41. The van der Waals surface area contributed by atoms with E-state index in [2.05, 4.69) is 172 Å². The maximum Gasteiger partial charge on any atom is 0.472 e. The van der Waals surface area contributed by atoms with E-state index in [-0.39, 0.29) is 32.6 Å². The molecule has 398 valence electrons. The van der Waals surface area contributed by atoms with Crippen molar-refractivity contribution in [1.29, 1.82) is 0 Å². The number of hydrogen-bond donors (Lipinski definition) is 2. The molecule has 0 heterocycles. The van der Waals surface area contributed by atoms with Gasteiger partial charge < -0.3 is 20.1 Å². The molecule has 0 rings (SSSR count). The summed E-state index contributed by atoms with van der Waals surface area (Å²) >= 11 is 0. The van der Waals surface area contributed by atoms with Crippen LogP contribution in [0, 0.1) is 0 Å². The fraction of sp³-hybridized carbons (Fsp3) is 0.541. The first-order chi connectivity index (χ1) is 34.8. The van der Waals surface area contributed by atoms with Crippen LogP contribution >= 0.6 is 7.82 Å². The molecule has 0 amide bonds. The molecule has 0 aromatic rings. The van der Waals surface area contributed by atoms with Crippen molar-refractivity contribution in [1.82, 2.24) is 0 Å². The van der Waals surface area contributed by atoms with Crippen molar-refractivity contribution < 1.29 is 37.6 Å². The summed E-state index contributed by atoms with van der Waals surface area (Å²) in [4.78, 5) is 35.1. The Morgan fingerprint density at radius 3 is 1.11 bits per heavy atom. The lowest BCUT2D eigenvalue weighted by Crippen LogP contribution is -2.29. The molecule has 2 unspecified atom stereocenters. The highest BCUT2D eigenvalue weighted by Crippen LogP contribution is 2.43. The zero-order valence-electron chi connectivity index (χ0n) is 44.1. The first-order valence-electron chi connectivity index (χ1n) is 27.0. The first kappa shape index (κ1) is 66.6. The molecular weight excluding hydrogens is 906 g/mol. The lowest BCUT2D eigenvalue weighted by Gasteiger charge is -2.19. The van der Waals surface area contributed by atoms with Gasteiger partial charge in [0.25, 0.3) is 0 Å². The van der Waals surface area contributed by atoms with Crippen molar-refractivity contribution in [3.05, 3.63) is 158 Å². The van der Waals surface area contributed by atoms with Crippen LogP contribution in [0.5, 0.6) is 0 Å². The van der Waals surface area contributed by atoms with E-state index in [9.17, 15) is 19.0 Å². The predicted octanol–water partition coefficient (Wildman–Crippen LogP) is 16.9. The van der Waals surface area contributed by atoms with Gasteiger partial charge in [0, 0.05) is 19.4 Å². The minimum Gasteiger partial charge on any atom is -0.462 e. The Morgan fingerprint density at radius 2 is 0.732 bits per heavy atom. The van der Waals surface area contributed by atoms with Gasteiger partial charge in [0.05, 0.1) is 13.2 Å². The van der Waals surface area contributed by atoms with E-state index in [0.29, 0.717) is 12.8 Å². The second-order valence-electron chi connectivity index (χ2n) is 17.0. The van der Waals surface area contributed by atoms with E-state index in [4.69, 9.17) is 24.3 Å². The summed E-state index contributed by atoms with van der Waals surface area (Å²) in [6.45, 7) is 3.42. The summed E-state index contributed by atoms with van der Waals surface area (Å²) in [6, 6.07) is 0. The molecule has 2 atom stereocenters. The van der Waals surface area contributed by atoms with E-state index in [1.165, 1.54) is 19.3 Å². The molecule has 0 aliphatic heterocycles. The molecule has 0 aliphatic carbocycles. The Morgan fingerprint density at radius 1 is 0.423 bits per heavy atom. The first-order valence-corrected chi connectivity index (χ1v) is 28.5. The Balaban J connectivity index is 4.18. The van der Waals surface area contributed by atoms with Crippen LogP contribution in [-0.4, -0.2) is 49.3 Å². The highest BCUT2D eigenvalue weighted by Gasteiger charge is 2.26. The molecule has 0 aliphatic rings. The number of ether oxygens (including phenoxy) is 2. The highest BCUT2D eigenvalue weighted by molar-refractivity contribution is 7.47. The van der Waals surface area contributed by atoms with Gasteiger partial charge in [-0.15, -0.1) is 0 Å². The van der Waals surface area contributed by atoms with Crippen LogP contribution in [-0.2, 0) is 32.7 Å². The number of phosphoric acid groups is 1. The molecule has 0 aromatic carbocycles. The van der Waals surface area contributed by atoms with Crippen molar-refractivity contribution in [3.8, 4) is 0 Å². The van der Waals surface area contributed by atoms with Gasteiger partial charge in [-0.05, 0) is 122 Å². The van der Waals surface area contributed by atoms with Gasteiger partial charge in [-0.2, -0.15) is 0 Å². The third kappa shape index (κ3) is 54.8. The molecule has 0 aromatic heterocycles. The van der Waals surface area contributed by atoms with Gasteiger partial charge in [0.15, 0.2) is 6.10 Å². The maximum atomic E-state index is 12.7. The van der Waals surface area contributed by atoms with Gasteiger partial charge in [0.2, 0.25) is 0 Å². The summed E-state index contributed by atoms with van der Waals surface area (Å²) in [5.41, 5.74) is 5.36. The van der Waals surface area contributed by atoms with Crippen molar-refractivity contribution in [2.75, 3.05) is 26.4 Å². The lowest BCUT2D eigenvalue weighted by atomic mass is 10.1. The molecule has 71 heavy (non-hydrogen) atoms. The van der Waals surface area contributed by atoms with Crippen LogP contribution in [0.15, 0.2) is 158 Å². The van der Waals surface area contributed by atoms with Crippen molar-refractivity contribution in [2.45, 2.75) is 187 Å². The number of rotatable bonds is 48. The summed E-state index contributed by atoms with van der Waals surface area (Å²) in [5.74, 6) is -0.906. The largest absolute Gasteiger partial charge is 0.472 e. The molecule has 3 N–H and O–H groups in total. The lowest BCUT2D eigenvalue weighted by molar-refractivity contribution is -0.161. The molecule has 0 spiro atoms. The van der Waals surface area contributed by atoms with Crippen molar-refractivity contribution in [3.63, 3.8) is 0 Å². The quantitative estimate of drug-likeness (QED) is 0.0264. The van der Waals surface area contributed by atoms with E-state index < -0.39 is 32.5 Å². The third-order valence-corrected chi connectivity index (χ3v) is 11.4. The molecule has 0 saturated heterocycles.